The predicted molar refractivity (Wildman–Crippen MR) is 84.0 cm³/mol. The lowest BCUT2D eigenvalue weighted by molar-refractivity contribution is 0.0950. The molecule has 0 aliphatic carbocycles. The summed E-state index contributed by atoms with van der Waals surface area (Å²) in [6, 6.07) is 11.0. The number of pyridine rings is 1. The lowest BCUT2D eigenvalue weighted by Gasteiger charge is -2.06. The molecule has 0 saturated carbocycles. The molecule has 1 amide bonds. The number of amides is 1. The highest BCUT2D eigenvalue weighted by atomic mass is 32.1. The van der Waals surface area contributed by atoms with Crippen LogP contribution in [0.25, 0.3) is 0 Å². The van der Waals surface area contributed by atoms with Gasteiger partial charge in [-0.15, -0.1) is 0 Å². The summed E-state index contributed by atoms with van der Waals surface area (Å²) >= 11 is 1.44. The van der Waals surface area contributed by atoms with E-state index in [0.29, 0.717) is 17.3 Å². The molecule has 0 atom stereocenters. The van der Waals surface area contributed by atoms with Crippen molar-refractivity contribution >= 4 is 17.2 Å². The lowest BCUT2D eigenvalue weighted by atomic mass is 10.2. The third-order valence-corrected chi connectivity index (χ3v) is 3.56. The van der Waals surface area contributed by atoms with E-state index in [1.165, 1.54) is 11.3 Å². The number of ether oxygens (including phenoxy) is 1. The SMILES string of the molecule is O=C(NCc1ccc(Oc2nccs2)cc1)c1cccnc1. The second-order valence-electron chi connectivity index (χ2n) is 4.47. The van der Waals surface area contributed by atoms with Gasteiger partial charge in [0.1, 0.15) is 5.75 Å². The highest BCUT2D eigenvalue weighted by molar-refractivity contribution is 7.11. The topological polar surface area (TPSA) is 64.1 Å². The summed E-state index contributed by atoms with van der Waals surface area (Å²) in [5.41, 5.74) is 1.54. The van der Waals surface area contributed by atoms with E-state index >= 15 is 0 Å². The van der Waals surface area contributed by atoms with Crippen LogP contribution in [0.5, 0.6) is 10.9 Å². The molecule has 22 heavy (non-hydrogen) atoms. The van der Waals surface area contributed by atoms with E-state index in [1.807, 2.05) is 29.6 Å². The first-order valence-corrected chi connectivity index (χ1v) is 7.54. The maximum atomic E-state index is 11.9. The number of hydrogen-bond acceptors (Lipinski definition) is 5. The fraction of sp³-hybridized carbons (Fsp3) is 0.0625. The van der Waals surface area contributed by atoms with E-state index < -0.39 is 0 Å². The standard InChI is InChI=1S/C16H13N3O2S/c20-15(13-2-1-7-17-11-13)19-10-12-3-5-14(6-4-12)21-16-18-8-9-22-16/h1-9,11H,10H2,(H,19,20). The van der Waals surface area contributed by atoms with E-state index in [-0.39, 0.29) is 5.91 Å². The van der Waals surface area contributed by atoms with Gasteiger partial charge >= 0.3 is 0 Å². The summed E-state index contributed by atoms with van der Waals surface area (Å²) in [4.78, 5) is 19.9. The first kappa shape index (κ1) is 14.2. The van der Waals surface area contributed by atoms with Gasteiger partial charge in [0.15, 0.2) is 0 Å². The molecule has 0 saturated heterocycles. The molecule has 3 aromatic rings. The van der Waals surface area contributed by atoms with Gasteiger partial charge in [-0.25, -0.2) is 4.98 Å². The van der Waals surface area contributed by atoms with E-state index in [0.717, 1.165) is 11.3 Å². The summed E-state index contributed by atoms with van der Waals surface area (Å²) in [5, 5.41) is 5.32. The summed E-state index contributed by atoms with van der Waals surface area (Å²) in [6.45, 7) is 0.450. The maximum Gasteiger partial charge on any atom is 0.278 e. The number of nitrogens with zero attached hydrogens (tertiary/aromatic N) is 2. The van der Waals surface area contributed by atoms with Crippen molar-refractivity contribution in [1.29, 1.82) is 0 Å². The van der Waals surface area contributed by atoms with Gasteiger partial charge in [0.25, 0.3) is 11.1 Å². The molecule has 6 heteroatoms. The van der Waals surface area contributed by atoms with Crippen LogP contribution in [0, 0.1) is 0 Å². The van der Waals surface area contributed by atoms with Crippen molar-refractivity contribution < 1.29 is 9.53 Å². The lowest BCUT2D eigenvalue weighted by Crippen LogP contribution is -2.22. The van der Waals surface area contributed by atoms with Crippen molar-refractivity contribution in [3.8, 4) is 10.9 Å². The Morgan fingerprint density at radius 2 is 2.05 bits per heavy atom. The third kappa shape index (κ3) is 3.67. The molecular formula is C16H13N3O2S. The van der Waals surface area contributed by atoms with Gasteiger partial charge < -0.3 is 10.1 Å². The summed E-state index contributed by atoms with van der Waals surface area (Å²) in [7, 11) is 0. The molecular weight excluding hydrogens is 298 g/mol. The summed E-state index contributed by atoms with van der Waals surface area (Å²) in [6.07, 6.45) is 4.88. The zero-order valence-electron chi connectivity index (χ0n) is 11.6. The Balaban J connectivity index is 1.56. The Morgan fingerprint density at radius 1 is 1.18 bits per heavy atom. The number of rotatable bonds is 5. The Kier molecular flexibility index (Phi) is 4.41. The first-order chi connectivity index (χ1) is 10.8. The van der Waals surface area contributed by atoms with Crippen molar-refractivity contribution in [3.05, 3.63) is 71.5 Å². The zero-order valence-corrected chi connectivity index (χ0v) is 12.4. The number of thiazole rings is 1. The molecule has 2 aromatic heterocycles. The van der Waals surface area contributed by atoms with Crippen molar-refractivity contribution in [2.75, 3.05) is 0 Å². The molecule has 0 unspecified atom stereocenters. The molecule has 0 spiro atoms. The third-order valence-electron chi connectivity index (χ3n) is 2.91. The van der Waals surface area contributed by atoms with Crippen LogP contribution in [-0.4, -0.2) is 15.9 Å². The molecule has 1 aromatic carbocycles. The van der Waals surface area contributed by atoms with Crippen molar-refractivity contribution in [2.24, 2.45) is 0 Å². The molecule has 0 radical (unpaired) electrons. The Labute approximate surface area is 131 Å². The molecule has 1 N–H and O–H groups in total. The summed E-state index contributed by atoms with van der Waals surface area (Å²) < 4.78 is 5.58. The molecule has 2 heterocycles. The quantitative estimate of drug-likeness (QED) is 0.785. The van der Waals surface area contributed by atoms with Gasteiger partial charge in [-0.1, -0.05) is 23.5 Å². The highest BCUT2D eigenvalue weighted by Gasteiger charge is 2.05. The van der Waals surface area contributed by atoms with Crippen LogP contribution in [0.15, 0.2) is 60.4 Å². The molecule has 0 bridgehead atoms. The highest BCUT2D eigenvalue weighted by Crippen LogP contribution is 2.23. The van der Waals surface area contributed by atoms with Crippen LogP contribution in [0.3, 0.4) is 0 Å². The summed E-state index contributed by atoms with van der Waals surface area (Å²) in [5.74, 6) is 0.577. The average molecular weight is 311 g/mol. The minimum Gasteiger partial charge on any atom is -0.431 e. The van der Waals surface area contributed by atoms with Crippen LogP contribution in [-0.2, 0) is 6.54 Å². The second kappa shape index (κ2) is 6.82. The Morgan fingerprint density at radius 3 is 2.73 bits per heavy atom. The average Bonchev–Trinajstić information content (AvgIpc) is 3.08. The van der Waals surface area contributed by atoms with Gasteiger partial charge in [-0.2, -0.15) is 0 Å². The first-order valence-electron chi connectivity index (χ1n) is 6.66. The number of nitrogens with one attached hydrogen (secondary N) is 1. The molecule has 0 fully saturated rings. The minimum absolute atomic E-state index is 0.142. The van der Waals surface area contributed by atoms with Crippen molar-refractivity contribution in [2.45, 2.75) is 6.54 Å². The number of aromatic nitrogens is 2. The Hall–Kier alpha value is -2.73. The number of carbonyl (C=O) groups excluding carboxylic acids is 1. The smallest absolute Gasteiger partial charge is 0.278 e. The zero-order chi connectivity index (χ0) is 15.2. The van der Waals surface area contributed by atoms with Crippen molar-refractivity contribution in [3.63, 3.8) is 0 Å². The van der Waals surface area contributed by atoms with E-state index in [9.17, 15) is 4.79 Å². The van der Waals surface area contributed by atoms with Gasteiger partial charge in [0.05, 0.1) is 5.56 Å². The second-order valence-corrected chi connectivity index (χ2v) is 5.33. The van der Waals surface area contributed by atoms with E-state index in [1.54, 1.807) is 30.7 Å². The van der Waals surface area contributed by atoms with Gasteiger partial charge in [0, 0.05) is 30.5 Å². The largest absolute Gasteiger partial charge is 0.431 e. The Bertz CT molecular complexity index is 728. The molecule has 5 nitrogen and oxygen atoms in total. The van der Waals surface area contributed by atoms with Gasteiger partial charge in [0.2, 0.25) is 0 Å². The van der Waals surface area contributed by atoms with Crippen LogP contribution < -0.4 is 10.1 Å². The van der Waals surface area contributed by atoms with Crippen LogP contribution in [0.2, 0.25) is 0 Å². The predicted octanol–water partition coefficient (Wildman–Crippen LogP) is 3.26. The minimum atomic E-state index is -0.142. The maximum absolute atomic E-state index is 11.9. The molecule has 0 aliphatic rings. The normalized spacial score (nSPS) is 10.2. The number of carbonyl (C=O) groups is 1. The van der Waals surface area contributed by atoms with Crippen LogP contribution in [0.1, 0.15) is 15.9 Å². The number of benzene rings is 1. The van der Waals surface area contributed by atoms with Crippen molar-refractivity contribution in [1.82, 2.24) is 15.3 Å². The fourth-order valence-corrected chi connectivity index (χ4v) is 2.32. The van der Waals surface area contributed by atoms with Crippen LogP contribution >= 0.6 is 11.3 Å². The number of hydrogen-bond donors (Lipinski definition) is 1. The molecule has 3 rings (SSSR count). The molecule has 110 valence electrons. The monoisotopic (exact) mass is 311 g/mol. The van der Waals surface area contributed by atoms with Gasteiger partial charge in [-0.05, 0) is 29.8 Å². The fourth-order valence-electron chi connectivity index (χ4n) is 1.82. The van der Waals surface area contributed by atoms with E-state index in [2.05, 4.69) is 15.3 Å². The van der Waals surface area contributed by atoms with Crippen LogP contribution in [0.4, 0.5) is 0 Å². The van der Waals surface area contributed by atoms with E-state index in [4.69, 9.17) is 4.74 Å². The van der Waals surface area contributed by atoms with Gasteiger partial charge in [-0.3, -0.25) is 9.78 Å². The molecule has 0 aliphatic heterocycles.